The molecule has 1 amide bonds. The van der Waals surface area contributed by atoms with E-state index in [-0.39, 0.29) is 17.6 Å². The molecule has 2 rings (SSSR count). The number of hydrogen-bond donors (Lipinski definition) is 1. The number of hydrogen-bond acceptors (Lipinski definition) is 2. The van der Waals surface area contributed by atoms with Crippen LogP contribution in [0.1, 0.15) is 31.7 Å². The van der Waals surface area contributed by atoms with Gasteiger partial charge >= 0.3 is 0 Å². The second-order valence-electron chi connectivity index (χ2n) is 4.31. The molecule has 0 aliphatic carbocycles. The Hall–Kier alpha value is -1.90. The number of rotatable bonds is 2. The number of ketones is 1. The quantitative estimate of drug-likeness (QED) is 0.844. The molecule has 88 valence electrons. The first-order chi connectivity index (χ1) is 8.09. The Kier molecular flexibility index (Phi) is 3.09. The molecule has 0 spiro atoms. The summed E-state index contributed by atoms with van der Waals surface area (Å²) in [5.74, 6) is -0.111. The summed E-state index contributed by atoms with van der Waals surface area (Å²) in [7, 11) is 0. The van der Waals surface area contributed by atoms with Crippen LogP contribution >= 0.6 is 0 Å². The fraction of sp³-hybridized carbons (Fsp3) is 0.286. The van der Waals surface area contributed by atoms with E-state index in [9.17, 15) is 9.59 Å². The van der Waals surface area contributed by atoms with Crippen molar-refractivity contribution in [3.8, 4) is 0 Å². The lowest BCUT2D eigenvalue weighted by Crippen LogP contribution is -2.33. The maximum atomic E-state index is 11.7. The van der Waals surface area contributed by atoms with E-state index in [0.717, 1.165) is 11.1 Å². The molecule has 0 bridgehead atoms. The molecule has 1 aromatic rings. The summed E-state index contributed by atoms with van der Waals surface area (Å²) in [6.45, 7) is 3.33. The number of carbonyl (C=O) groups is 2. The third-order valence-corrected chi connectivity index (χ3v) is 3.05. The van der Waals surface area contributed by atoms with Gasteiger partial charge in [-0.05, 0) is 19.4 Å². The predicted molar refractivity (Wildman–Crippen MR) is 65.3 cm³/mol. The minimum Gasteiger partial charge on any atom is -0.330 e. The van der Waals surface area contributed by atoms with Gasteiger partial charge in [-0.1, -0.05) is 30.3 Å². The Morgan fingerprint density at radius 2 is 1.94 bits per heavy atom. The van der Waals surface area contributed by atoms with Crippen molar-refractivity contribution >= 4 is 11.7 Å². The molecule has 1 aliphatic rings. The van der Waals surface area contributed by atoms with Crippen LogP contribution in [0, 0.1) is 0 Å². The van der Waals surface area contributed by atoms with Crippen molar-refractivity contribution in [3.05, 3.63) is 47.2 Å². The van der Waals surface area contributed by atoms with Gasteiger partial charge in [-0.25, -0.2) is 0 Å². The molecule has 0 saturated heterocycles. The van der Waals surface area contributed by atoms with Gasteiger partial charge in [0.25, 0.3) is 0 Å². The first-order valence-corrected chi connectivity index (χ1v) is 5.66. The van der Waals surface area contributed by atoms with Crippen LogP contribution in [0.15, 0.2) is 41.6 Å². The normalized spacial score (nSPS) is 20.1. The maximum absolute atomic E-state index is 11.7. The molecule has 0 aromatic heterocycles. The Morgan fingerprint density at radius 3 is 2.53 bits per heavy atom. The SMILES string of the molecule is CC(=O)C1=C(C)NC(=O)C[C@H]1c1ccccc1. The summed E-state index contributed by atoms with van der Waals surface area (Å²) in [4.78, 5) is 23.3. The number of benzene rings is 1. The van der Waals surface area contributed by atoms with Crippen LogP contribution in [0.4, 0.5) is 0 Å². The van der Waals surface area contributed by atoms with Crippen LogP contribution in [0.3, 0.4) is 0 Å². The van der Waals surface area contributed by atoms with Crippen molar-refractivity contribution in [2.45, 2.75) is 26.2 Å². The molecule has 0 fully saturated rings. The minimum absolute atomic E-state index is 0.0244. The number of Topliss-reactive ketones (excluding diaryl/α,β-unsaturated/α-hetero) is 1. The summed E-state index contributed by atoms with van der Waals surface area (Å²) in [5.41, 5.74) is 2.42. The second kappa shape index (κ2) is 4.53. The fourth-order valence-electron chi connectivity index (χ4n) is 2.36. The monoisotopic (exact) mass is 229 g/mol. The Morgan fingerprint density at radius 1 is 1.29 bits per heavy atom. The number of allylic oxidation sites excluding steroid dienone is 2. The molecule has 0 unspecified atom stereocenters. The summed E-state index contributed by atoms with van der Waals surface area (Å²) < 4.78 is 0. The van der Waals surface area contributed by atoms with Gasteiger partial charge in [0.05, 0.1) is 0 Å². The molecular formula is C14H15NO2. The van der Waals surface area contributed by atoms with Crippen molar-refractivity contribution < 1.29 is 9.59 Å². The highest BCUT2D eigenvalue weighted by molar-refractivity contribution is 5.99. The summed E-state index contributed by atoms with van der Waals surface area (Å²) in [5, 5.41) is 2.73. The van der Waals surface area contributed by atoms with Gasteiger partial charge in [0, 0.05) is 23.6 Å². The average molecular weight is 229 g/mol. The van der Waals surface area contributed by atoms with E-state index in [1.807, 2.05) is 30.3 Å². The summed E-state index contributed by atoms with van der Waals surface area (Å²) >= 11 is 0. The molecule has 17 heavy (non-hydrogen) atoms. The standard InChI is InChI=1S/C14H15NO2/c1-9-14(10(2)16)12(8-13(17)15-9)11-6-4-3-5-7-11/h3-7,12H,8H2,1-2H3,(H,15,17)/t12-/m0/s1. The molecule has 1 heterocycles. The van der Waals surface area contributed by atoms with Gasteiger partial charge in [0.2, 0.25) is 5.91 Å². The van der Waals surface area contributed by atoms with Crippen molar-refractivity contribution in [2.75, 3.05) is 0 Å². The topological polar surface area (TPSA) is 46.2 Å². The van der Waals surface area contributed by atoms with Gasteiger partial charge < -0.3 is 5.32 Å². The van der Waals surface area contributed by atoms with E-state index in [2.05, 4.69) is 5.32 Å². The summed E-state index contributed by atoms with van der Waals surface area (Å²) in [6.07, 6.45) is 0.344. The zero-order valence-electron chi connectivity index (χ0n) is 9.99. The lowest BCUT2D eigenvalue weighted by Gasteiger charge is -2.26. The van der Waals surface area contributed by atoms with Gasteiger partial charge in [0.1, 0.15) is 0 Å². The van der Waals surface area contributed by atoms with Crippen LogP contribution in [0.25, 0.3) is 0 Å². The van der Waals surface area contributed by atoms with Gasteiger partial charge in [-0.15, -0.1) is 0 Å². The van der Waals surface area contributed by atoms with Crippen LogP contribution in [-0.4, -0.2) is 11.7 Å². The Bertz CT molecular complexity index is 488. The third kappa shape index (κ3) is 2.28. The molecule has 0 radical (unpaired) electrons. The largest absolute Gasteiger partial charge is 0.330 e. The van der Waals surface area contributed by atoms with Gasteiger partial charge in [-0.2, -0.15) is 0 Å². The van der Waals surface area contributed by atoms with Crippen molar-refractivity contribution in [1.29, 1.82) is 0 Å². The zero-order chi connectivity index (χ0) is 12.4. The molecule has 0 saturated carbocycles. The lowest BCUT2D eigenvalue weighted by atomic mass is 9.83. The first-order valence-electron chi connectivity index (χ1n) is 5.66. The predicted octanol–water partition coefficient (Wildman–Crippen LogP) is 2.15. The molecular weight excluding hydrogens is 214 g/mol. The highest BCUT2D eigenvalue weighted by atomic mass is 16.2. The van der Waals surface area contributed by atoms with E-state index in [0.29, 0.717) is 12.1 Å². The zero-order valence-corrected chi connectivity index (χ0v) is 9.99. The molecule has 3 heteroatoms. The number of amides is 1. The third-order valence-electron chi connectivity index (χ3n) is 3.05. The molecule has 1 aliphatic heterocycles. The highest BCUT2D eigenvalue weighted by Crippen LogP contribution is 2.32. The van der Waals surface area contributed by atoms with Gasteiger partial charge in [0.15, 0.2) is 5.78 Å². The average Bonchev–Trinajstić information content (AvgIpc) is 2.28. The molecule has 1 N–H and O–H groups in total. The Labute approximate surface area is 101 Å². The minimum atomic E-state index is -0.109. The smallest absolute Gasteiger partial charge is 0.225 e. The molecule has 1 atom stereocenters. The van der Waals surface area contributed by atoms with Crippen molar-refractivity contribution in [2.24, 2.45) is 0 Å². The molecule has 1 aromatic carbocycles. The van der Waals surface area contributed by atoms with E-state index in [1.165, 1.54) is 0 Å². The van der Waals surface area contributed by atoms with Crippen LogP contribution in [0.2, 0.25) is 0 Å². The van der Waals surface area contributed by atoms with Crippen molar-refractivity contribution in [3.63, 3.8) is 0 Å². The second-order valence-corrected chi connectivity index (χ2v) is 4.31. The lowest BCUT2D eigenvalue weighted by molar-refractivity contribution is -0.121. The molecule has 3 nitrogen and oxygen atoms in total. The van der Waals surface area contributed by atoms with E-state index in [4.69, 9.17) is 0 Å². The fourth-order valence-corrected chi connectivity index (χ4v) is 2.36. The van der Waals surface area contributed by atoms with E-state index in [1.54, 1.807) is 13.8 Å². The maximum Gasteiger partial charge on any atom is 0.225 e. The van der Waals surface area contributed by atoms with E-state index >= 15 is 0 Å². The van der Waals surface area contributed by atoms with Crippen molar-refractivity contribution in [1.82, 2.24) is 5.32 Å². The van der Waals surface area contributed by atoms with Crippen LogP contribution in [-0.2, 0) is 9.59 Å². The summed E-state index contributed by atoms with van der Waals surface area (Å²) in [6, 6.07) is 9.69. The first kappa shape index (κ1) is 11.6. The van der Waals surface area contributed by atoms with Gasteiger partial charge in [-0.3, -0.25) is 9.59 Å². The van der Waals surface area contributed by atoms with Crippen LogP contribution < -0.4 is 5.32 Å². The number of nitrogens with one attached hydrogen (secondary N) is 1. The van der Waals surface area contributed by atoms with E-state index < -0.39 is 0 Å². The number of carbonyl (C=O) groups excluding carboxylic acids is 2. The van der Waals surface area contributed by atoms with Crippen LogP contribution in [0.5, 0.6) is 0 Å². The highest BCUT2D eigenvalue weighted by Gasteiger charge is 2.29. The Balaban J connectivity index is 2.47.